The highest BCUT2D eigenvalue weighted by atomic mass is 16.7. The number of unbranched alkanes of at least 4 members (excludes halogenated alkanes) is 2. The summed E-state index contributed by atoms with van der Waals surface area (Å²) >= 11 is 0. The Morgan fingerprint density at radius 2 is 1.72 bits per heavy atom. The molecule has 0 aromatic heterocycles. The fraction of sp³-hybridized carbons (Fsp3) is 0.440. The number of carbonyl (C=O) groups excluding carboxylic acids is 1. The van der Waals surface area contributed by atoms with Crippen molar-refractivity contribution in [3.05, 3.63) is 132 Å². The predicted octanol–water partition coefficient (Wildman–Crippen LogP) is 8.14. The van der Waals surface area contributed by atoms with E-state index in [-0.39, 0.29) is 43.5 Å². The van der Waals surface area contributed by atoms with Crippen molar-refractivity contribution in [2.45, 2.75) is 69.3 Å². The Morgan fingerprint density at radius 1 is 0.950 bits per heavy atom. The molecular weight excluding hydrogens is 755 g/mol. The molecule has 10 nitrogen and oxygen atoms in total. The Morgan fingerprint density at radius 3 is 2.48 bits per heavy atom. The summed E-state index contributed by atoms with van der Waals surface area (Å²) in [6, 6.07) is 29.4. The lowest BCUT2D eigenvalue weighted by molar-refractivity contribution is -0.252. The third-order valence-electron chi connectivity index (χ3n) is 12.9. The summed E-state index contributed by atoms with van der Waals surface area (Å²) in [5, 5.41) is 26.9. The lowest BCUT2D eigenvalue weighted by Crippen LogP contribution is -2.69. The lowest BCUT2D eigenvalue weighted by atomic mass is 9.55. The van der Waals surface area contributed by atoms with E-state index in [1.807, 2.05) is 92.0 Å². The van der Waals surface area contributed by atoms with Crippen molar-refractivity contribution in [3.8, 4) is 11.5 Å². The van der Waals surface area contributed by atoms with Crippen molar-refractivity contribution in [2.24, 2.45) is 22.9 Å². The molecule has 10 heteroatoms. The van der Waals surface area contributed by atoms with Crippen LogP contribution in [0.15, 0.2) is 120 Å². The maximum absolute atomic E-state index is 14.9. The van der Waals surface area contributed by atoms with E-state index in [9.17, 15) is 15.0 Å². The molecule has 2 aliphatic heterocycles. The van der Waals surface area contributed by atoms with Crippen LogP contribution >= 0.6 is 0 Å². The van der Waals surface area contributed by atoms with Gasteiger partial charge in [-0.3, -0.25) is 9.69 Å². The Hall–Kier alpha value is -5.00. The average molecular weight is 814 g/mol. The minimum Gasteiger partial charge on any atom is -0.492 e. The Kier molecular flexibility index (Phi) is 13.3. The van der Waals surface area contributed by atoms with Gasteiger partial charge in [0.15, 0.2) is 0 Å². The van der Waals surface area contributed by atoms with Crippen LogP contribution in [0.5, 0.6) is 11.5 Å². The maximum Gasteiger partial charge on any atom is 0.254 e. The third-order valence-corrected chi connectivity index (χ3v) is 12.9. The van der Waals surface area contributed by atoms with Crippen molar-refractivity contribution in [1.82, 2.24) is 9.80 Å². The number of oxime groups is 1. The molecule has 2 heterocycles. The van der Waals surface area contributed by atoms with Crippen LogP contribution in [0.3, 0.4) is 0 Å². The normalized spacial score (nSPS) is 24.8. The first kappa shape index (κ1) is 41.7. The summed E-state index contributed by atoms with van der Waals surface area (Å²) in [7, 11) is 1.85. The van der Waals surface area contributed by atoms with Crippen molar-refractivity contribution in [1.29, 1.82) is 0 Å². The predicted molar refractivity (Wildman–Crippen MR) is 234 cm³/mol. The molecule has 2 aliphatic carbocycles. The molecule has 4 aromatic rings. The Labute approximate surface area is 354 Å². The Balaban J connectivity index is 1.28. The van der Waals surface area contributed by atoms with Crippen LogP contribution in [-0.2, 0) is 16.2 Å². The summed E-state index contributed by atoms with van der Waals surface area (Å²) in [5.41, 5.74) is 4.39. The molecule has 2 N–H and O–H groups in total. The van der Waals surface area contributed by atoms with Crippen molar-refractivity contribution in [3.63, 3.8) is 0 Å². The van der Waals surface area contributed by atoms with Gasteiger partial charge < -0.3 is 34.2 Å². The summed E-state index contributed by atoms with van der Waals surface area (Å²) in [6.45, 7) is 8.49. The summed E-state index contributed by atoms with van der Waals surface area (Å²) in [6.07, 6.45) is 9.29. The fourth-order valence-electron chi connectivity index (χ4n) is 9.83. The fourth-order valence-corrected chi connectivity index (χ4v) is 9.83. The molecule has 1 saturated carbocycles. The van der Waals surface area contributed by atoms with E-state index in [2.05, 4.69) is 23.6 Å². The monoisotopic (exact) mass is 813 g/mol. The topological polar surface area (TPSA) is 113 Å². The van der Waals surface area contributed by atoms with Crippen LogP contribution in [-0.4, -0.2) is 96.6 Å². The quantitative estimate of drug-likeness (QED) is 0.0398. The molecule has 2 fully saturated rings. The zero-order valence-electron chi connectivity index (χ0n) is 34.8. The second kappa shape index (κ2) is 19.1. The second-order valence-corrected chi connectivity index (χ2v) is 16.7. The average Bonchev–Trinajstić information content (AvgIpc) is 4.11. The van der Waals surface area contributed by atoms with Gasteiger partial charge in [0.05, 0.1) is 18.2 Å². The molecule has 4 aliphatic rings. The molecular formula is C50H59N3O7. The number of likely N-dealkylation sites (N-methyl/N-ethyl adjacent to an activating group) is 1. The lowest BCUT2D eigenvalue weighted by Gasteiger charge is -2.59. The van der Waals surface area contributed by atoms with E-state index in [0.29, 0.717) is 43.8 Å². The van der Waals surface area contributed by atoms with Crippen LogP contribution in [0.25, 0.3) is 10.8 Å². The van der Waals surface area contributed by atoms with Gasteiger partial charge in [-0.05, 0) is 89.8 Å². The van der Waals surface area contributed by atoms with Crippen LogP contribution in [0.4, 0.5) is 0 Å². The molecule has 8 rings (SSSR count). The summed E-state index contributed by atoms with van der Waals surface area (Å²) < 4.78 is 20.8. The van der Waals surface area contributed by atoms with Gasteiger partial charge in [0.2, 0.25) is 5.79 Å². The van der Waals surface area contributed by atoms with E-state index in [1.54, 1.807) is 11.0 Å². The molecule has 1 amide bonds. The number of nitrogens with zero attached hydrogens (tertiary/aromatic N) is 3. The number of carbonyl (C=O) groups is 1. The number of benzene rings is 4. The van der Waals surface area contributed by atoms with E-state index in [1.165, 1.54) is 0 Å². The highest BCUT2D eigenvalue weighted by Crippen LogP contribution is 2.62. The number of amides is 1. The van der Waals surface area contributed by atoms with Gasteiger partial charge in [-0.15, -0.1) is 6.58 Å². The van der Waals surface area contributed by atoms with Crippen LogP contribution in [0.1, 0.15) is 72.3 Å². The number of aliphatic hydroxyl groups is 2. The van der Waals surface area contributed by atoms with E-state index in [4.69, 9.17) is 24.2 Å². The van der Waals surface area contributed by atoms with Crippen molar-refractivity contribution in [2.75, 3.05) is 53.1 Å². The number of ether oxygens (including phenoxy) is 3. The van der Waals surface area contributed by atoms with E-state index >= 15 is 0 Å². The molecule has 4 aromatic carbocycles. The SMILES string of the molecule is C=CCO[C@@]12Oc3ccc(OCCN4CC4)cc3[C@H]3[C@H](CCCCO)[C@@H](CCCCO)C=C(C(=NOCc4ccccc4)C[C@@H]1N(C)C(=O)c1ccc4ccccc4c1)[C@H]32. The first-order valence-corrected chi connectivity index (χ1v) is 21.8. The molecule has 316 valence electrons. The van der Waals surface area contributed by atoms with Crippen LogP contribution in [0, 0.1) is 17.8 Å². The van der Waals surface area contributed by atoms with Crippen LogP contribution < -0.4 is 9.47 Å². The molecule has 60 heavy (non-hydrogen) atoms. The summed E-state index contributed by atoms with van der Waals surface area (Å²) in [5.74, 6) is -0.246. The van der Waals surface area contributed by atoms with Gasteiger partial charge in [-0.2, -0.15) is 0 Å². The minimum absolute atomic E-state index is 0.123. The number of hydrogen-bond acceptors (Lipinski definition) is 9. The highest BCUT2D eigenvalue weighted by molar-refractivity contribution is 6.04. The number of hydrogen-bond donors (Lipinski definition) is 2. The largest absolute Gasteiger partial charge is 0.492 e. The molecule has 0 radical (unpaired) electrons. The number of aliphatic hydroxyl groups excluding tert-OH is 2. The van der Waals surface area contributed by atoms with Gasteiger partial charge in [-0.25, -0.2) is 0 Å². The van der Waals surface area contributed by atoms with E-state index in [0.717, 1.165) is 84.3 Å². The first-order valence-electron chi connectivity index (χ1n) is 21.8. The number of rotatable bonds is 20. The zero-order valence-corrected chi connectivity index (χ0v) is 34.8. The first-order chi connectivity index (χ1) is 29.4. The number of fused-ring (bicyclic) bond motifs is 3. The van der Waals surface area contributed by atoms with Crippen molar-refractivity contribution >= 4 is 22.4 Å². The maximum atomic E-state index is 14.9. The Bertz CT molecular complexity index is 2170. The standard InChI is InChI=1S/C50H59N3O7/c1-3-28-58-50-46(52(2)49(56)39-20-19-36-15-7-8-16-37(36)30-39)33-44(51-59-34-35-13-5-4-6-14-35)42-31-38(17-9-11-26-54)41(18-10-12-27-55)47(48(42)50)43-32-40(21-22-45(43)60-50)57-29-25-53-23-24-53/h3-8,13-16,19-22,30-32,38,41,46-48,54-55H,1,9-12,17-18,23-29,33-34H2,2H3/t38-,41+,46-,47+,48+,50+/m0/s1. The van der Waals surface area contributed by atoms with Gasteiger partial charge in [0.1, 0.15) is 30.8 Å². The molecule has 0 bridgehead atoms. The van der Waals surface area contributed by atoms with Gasteiger partial charge in [0.25, 0.3) is 5.91 Å². The minimum atomic E-state index is -1.33. The van der Waals surface area contributed by atoms with Crippen LogP contribution in [0.2, 0.25) is 0 Å². The zero-order chi connectivity index (χ0) is 41.5. The molecule has 0 unspecified atom stereocenters. The van der Waals surface area contributed by atoms with E-state index < -0.39 is 17.7 Å². The van der Waals surface area contributed by atoms with Gasteiger partial charge in [0, 0.05) is 63.4 Å². The second-order valence-electron chi connectivity index (χ2n) is 16.7. The van der Waals surface area contributed by atoms with Gasteiger partial charge in [-0.1, -0.05) is 90.8 Å². The third kappa shape index (κ3) is 8.89. The van der Waals surface area contributed by atoms with Gasteiger partial charge >= 0.3 is 0 Å². The smallest absolute Gasteiger partial charge is 0.254 e. The van der Waals surface area contributed by atoms with Crippen molar-refractivity contribution < 1.29 is 34.1 Å². The molecule has 6 atom stereocenters. The number of allylic oxidation sites excluding steroid dienone is 1. The summed E-state index contributed by atoms with van der Waals surface area (Å²) in [4.78, 5) is 25.2. The molecule has 0 spiro atoms. The molecule has 1 saturated heterocycles. The highest BCUT2D eigenvalue weighted by Gasteiger charge is 2.65.